The van der Waals surface area contributed by atoms with E-state index >= 15 is 0 Å². The van der Waals surface area contributed by atoms with Crippen LogP contribution in [0.1, 0.15) is 20.9 Å². The molecule has 1 aliphatic rings. The van der Waals surface area contributed by atoms with Gasteiger partial charge in [0.1, 0.15) is 15.6 Å². The predicted octanol–water partition coefficient (Wildman–Crippen LogP) is 4.37. The first-order valence-electron chi connectivity index (χ1n) is 10.0. The standard InChI is InChI=1S/C22H21F3N4O2S/c1-15-19(32-20(27-15)18-4-2-3-9-26-18)21(30)29-12-10-28(11-13-29)14-16-5-7-17(8-6-16)31-22(23,24)25/h2-9H,10-14H2,1H3. The van der Waals surface area contributed by atoms with Gasteiger partial charge in [-0.05, 0) is 36.8 Å². The molecule has 3 aromatic rings. The second-order valence-electron chi connectivity index (χ2n) is 7.41. The molecular formula is C22H21F3N4O2S. The molecule has 0 saturated carbocycles. The third kappa shape index (κ3) is 5.43. The van der Waals surface area contributed by atoms with E-state index in [9.17, 15) is 18.0 Å². The molecule has 3 heterocycles. The third-order valence-electron chi connectivity index (χ3n) is 5.10. The predicted molar refractivity (Wildman–Crippen MR) is 114 cm³/mol. The highest BCUT2D eigenvalue weighted by Gasteiger charge is 2.31. The summed E-state index contributed by atoms with van der Waals surface area (Å²) in [5, 5.41) is 0.725. The van der Waals surface area contributed by atoms with Gasteiger partial charge in [0, 0.05) is 38.9 Å². The Morgan fingerprint density at radius 3 is 2.44 bits per heavy atom. The molecule has 0 bridgehead atoms. The molecule has 4 rings (SSSR count). The number of pyridine rings is 1. The van der Waals surface area contributed by atoms with Gasteiger partial charge >= 0.3 is 6.36 Å². The molecule has 10 heteroatoms. The van der Waals surface area contributed by atoms with E-state index < -0.39 is 6.36 Å². The first kappa shape index (κ1) is 22.2. The summed E-state index contributed by atoms with van der Waals surface area (Å²) in [6.45, 7) is 4.93. The van der Waals surface area contributed by atoms with Crippen molar-refractivity contribution in [3.05, 3.63) is 64.8 Å². The molecule has 1 aliphatic heterocycles. The Kier molecular flexibility index (Phi) is 6.43. The number of thiazole rings is 1. The average molecular weight is 462 g/mol. The van der Waals surface area contributed by atoms with Gasteiger partial charge in [-0.25, -0.2) is 4.98 Å². The first-order valence-corrected chi connectivity index (χ1v) is 10.9. The van der Waals surface area contributed by atoms with Gasteiger partial charge in [0.05, 0.1) is 11.4 Å². The molecule has 0 spiro atoms. The van der Waals surface area contributed by atoms with Crippen LogP contribution < -0.4 is 4.74 Å². The topological polar surface area (TPSA) is 58.6 Å². The summed E-state index contributed by atoms with van der Waals surface area (Å²) in [6, 6.07) is 11.5. The number of piperazine rings is 1. The Labute approximate surface area is 187 Å². The van der Waals surface area contributed by atoms with Crippen LogP contribution in [0.3, 0.4) is 0 Å². The summed E-state index contributed by atoms with van der Waals surface area (Å²) in [6.07, 6.45) is -3.00. The van der Waals surface area contributed by atoms with Crippen molar-refractivity contribution in [3.63, 3.8) is 0 Å². The number of aryl methyl sites for hydroxylation is 1. The van der Waals surface area contributed by atoms with Crippen LogP contribution in [-0.4, -0.2) is 58.2 Å². The monoisotopic (exact) mass is 462 g/mol. The molecule has 0 N–H and O–H groups in total. The average Bonchev–Trinajstić information content (AvgIpc) is 3.16. The molecule has 0 radical (unpaired) electrons. The lowest BCUT2D eigenvalue weighted by Gasteiger charge is -2.34. The lowest BCUT2D eigenvalue weighted by Crippen LogP contribution is -2.48. The number of hydrogen-bond acceptors (Lipinski definition) is 6. The van der Waals surface area contributed by atoms with E-state index in [1.165, 1.54) is 23.5 Å². The molecule has 32 heavy (non-hydrogen) atoms. The Hall–Kier alpha value is -2.98. The van der Waals surface area contributed by atoms with Gasteiger partial charge in [-0.2, -0.15) is 0 Å². The number of nitrogens with zero attached hydrogens (tertiary/aromatic N) is 4. The zero-order chi connectivity index (χ0) is 22.7. The Balaban J connectivity index is 1.33. The fourth-order valence-corrected chi connectivity index (χ4v) is 4.51. The van der Waals surface area contributed by atoms with Crippen molar-refractivity contribution in [2.24, 2.45) is 0 Å². The summed E-state index contributed by atoms with van der Waals surface area (Å²) in [7, 11) is 0. The van der Waals surface area contributed by atoms with Gasteiger partial charge in [0.25, 0.3) is 5.91 Å². The van der Waals surface area contributed by atoms with E-state index in [1.807, 2.05) is 30.0 Å². The molecule has 2 aromatic heterocycles. The van der Waals surface area contributed by atoms with Gasteiger partial charge in [0.15, 0.2) is 0 Å². The number of hydrogen-bond donors (Lipinski definition) is 0. The molecule has 6 nitrogen and oxygen atoms in total. The maximum atomic E-state index is 13.0. The summed E-state index contributed by atoms with van der Waals surface area (Å²) in [5.74, 6) is -0.267. The van der Waals surface area contributed by atoms with E-state index in [0.29, 0.717) is 43.3 Å². The zero-order valence-electron chi connectivity index (χ0n) is 17.3. The number of aromatic nitrogens is 2. The molecule has 0 atom stereocenters. The van der Waals surface area contributed by atoms with Crippen molar-refractivity contribution in [2.45, 2.75) is 19.8 Å². The molecule has 1 saturated heterocycles. The second kappa shape index (κ2) is 9.25. The second-order valence-corrected chi connectivity index (χ2v) is 8.41. The van der Waals surface area contributed by atoms with Crippen molar-refractivity contribution in [1.29, 1.82) is 0 Å². The van der Waals surface area contributed by atoms with Crippen LogP contribution in [-0.2, 0) is 6.54 Å². The summed E-state index contributed by atoms with van der Waals surface area (Å²) >= 11 is 1.35. The molecular weight excluding hydrogens is 441 g/mol. The van der Waals surface area contributed by atoms with Gasteiger partial charge in [-0.15, -0.1) is 24.5 Å². The van der Waals surface area contributed by atoms with Gasteiger partial charge in [-0.1, -0.05) is 18.2 Å². The fraction of sp³-hybridized carbons (Fsp3) is 0.318. The fourth-order valence-electron chi connectivity index (χ4n) is 3.50. The quantitative estimate of drug-likeness (QED) is 0.564. The highest BCUT2D eigenvalue weighted by atomic mass is 32.1. The minimum absolute atomic E-state index is 0.0320. The van der Waals surface area contributed by atoms with Crippen molar-refractivity contribution < 1.29 is 22.7 Å². The van der Waals surface area contributed by atoms with Crippen molar-refractivity contribution in [2.75, 3.05) is 26.2 Å². The highest BCUT2D eigenvalue weighted by molar-refractivity contribution is 7.17. The number of amides is 1. The van der Waals surface area contributed by atoms with Crippen LogP contribution >= 0.6 is 11.3 Å². The molecule has 0 unspecified atom stereocenters. The van der Waals surface area contributed by atoms with Gasteiger partial charge < -0.3 is 9.64 Å². The number of ether oxygens (including phenoxy) is 1. The van der Waals surface area contributed by atoms with Gasteiger partial charge in [0.2, 0.25) is 0 Å². The molecule has 168 valence electrons. The number of carbonyl (C=O) groups is 1. The Bertz CT molecular complexity index is 1060. The van der Waals surface area contributed by atoms with E-state index in [-0.39, 0.29) is 11.7 Å². The minimum atomic E-state index is -4.70. The molecule has 1 aromatic carbocycles. The van der Waals surface area contributed by atoms with Gasteiger partial charge in [-0.3, -0.25) is 14.7 Å². The Morgan fingerprint density at radius 1 is 1.09 bits per heavy atom. The molecule has 1 amide bonds. The largest absolute Gasteiger partial charge is 0.573 e. The van der Waals surface area contributed by atoms with E-state index in [0.717, 1.165) is 16.3 Å². The number of benzene rings is 1. The van der Waals surface area contributed by atoms with Crippen LogP contribution in [0.5, 0.6) is 5.75 Å². The minimum Gasteiger partial charge on any atom is -0.406 e. The SMILES string of the molecule is Cc1nc(-c2ccccn2)sc1C(=O)N1CCN(Cc2ccc(OC(F)(F)F)cc2)CC1. The van der Waals surface area contributed by atoms with Crippen molar-refractivity contribution >= 4 is 17.2 Å². The van der Waals surface area contributed by atoms with Crippen molar-refractivity contribution in [1.82, 2.24) is 19.8 Å². The normalized spacial score (nSPS) is 15.1. The Morgan fingerprint density at radius 2 is 1.81 bits per heavy atom. The zero-order valence-corrected chi connectivity index (χ0v) is 18.1. The number of carbonyl (C=O) groups excluding carboxylic acids is 1. The smallest absolute Gasteiger partial charge is 0.406 e. The highest BCUT2D eigenvalue weighted by Crippen LogP contribution is 2.28. The van der Waals surface area contributed by atoms with Crippen LogP contribution in [0, 0.1) is 6.92 Å². The number of halogens is 3. The molecule has 0 aliphatic carbocycles. The number of alkyl halides is 3. The van der Waals surface area contributed by atoms with Crippen LogP contribution in [0.15, 0.2) is 48.7 Å². The lowest BCUT2D eigenvalue weighted by molar-refractivity contribution is -0.274. The van der Waals surface area contributed by atoms with Crippen LogP contribution in [0.2, 0.25) is 0 Å². The number of rotatable bonds is 5. The molecule has 1 fully saturated rings. The summed E-state index contributed by atoms with van der Waals surface area (Å²) < 4.78 is 40.8. The van der Waals surface area contributed by atoms with Crippen LogP contribution in [0.25, 0.3) is 10.7 Å². The van der Waals surface area contributed by atoms with Crippen molar-refractivity contribution in [3.8, 4) is 16.5 Å². The first-order chi connectivity index (χ1) is 15.3. The third-order valence-corrected chi connectivity index (χ3v) is 6.27. The van der Waals surface area contributed by atoms with E-state index in [1.54, 1.807) is 18.3 Å². The summed E-state index contributed by atoms with van der Waals surface area (Å²) in [4.78, 5) is 26.5. The van der Waals surface area contributed by atoms with E-state index in [4.69, 9.17) is 0 Å². The van der Waals surface area contributed by atoms with Crippen LogP contribution in [0.4, 0.5) is 13.2 Å². The maximum absolute atomic E-state index is 13.0. The van der Waals surface area contributed by atoms with E-state index in [2.05, 4.69) is 19.6 Å². The lowest BCUT2D eigenvalue weighted by atomic mass is 10.2. The maximum Gasteiger partial charge on any atom is 0.573 e. The summed E-state index contributed by atoms with van der Waals surface area (Å²) in [5.41, 5.74) is 2.33.